The van der Waals surface area contributed by atoms with Crippen LogP contribution in [-0.4, -0.2) is 63.1 Å². The van der Waals surface area contributed by atoms with E-state index in [2.05, 4.69) is 22.3 Å². The summed E-state index contributed by atoms with van der Waals surface area (Å²) in [5.74, 6) is 0.961. The van der Waals surface area contributed by atoms with Crippen LogP contribution in [0, 0.1) is 5.82 Å². The standard InChI is InChI=1S/C29H36FN3O3/c1-32(2)17-15-31-29(34)21-33(20-24-8-5-4-6-9-24)16-14-23-12-13-27(28(19-23)35-3)36-22-25-10-7-11-26(30)18-25/h4-13,18-19H,14-17,20-22H2,1-3H3,(H,31,34). The van der Waals surface area contributed by atoms with E-state index in [1.165, 1.54) is 12.1 Å². The molecule has 3 rings (SSSR count). The summed E-state index contributed by atoms with van der Waals surface area (Å²) in [6.45, 7) is 3.41. The molecule has 0 unspecified atom stereocenters. The van der Waals surface area contributed by atoms with E-state index in [-0.39, 0.29) is 18.3 Å². The fourth-order valence-corrected chi connectivity index (χ4v) is 3.80. The average molecular weight is 494 g/mol. The Kier molecular flexibility index (Phi) is 10.7. The second-order valence-corrected chi connectivity index (χ2v) is 9.00. The van der Waals surface area contributed by atoms with Crippen LogP contribution in [-0.2, 0) is 24.4 Å². The zero-order valence-corrected chi connectivity index (χ0v) is 21.4. The van der Waals surface area contributed by atoms with Crippen molar-refractivity contribution in [3.8, 4) is 11.5 Å². The van der Waals surface area contributed by atoms with Gasteiger partial charge in [0.25, 0.3) is 0 Å². The molecule has 0 fully saturated rings. The number of ether oxygens (including phenoxy) is 2. The SMILES string of the molecule is COc1cc(CCN(CC(=O)NCCN(C)C)Cc2ccccc2)ccc1OCc1cccc(F)c1. The van der Waals surface area contributed by atoms with Crippen molar-refractivity contribution in [3.05, 3.63) is 95.3 Å². The highest BCUT2D eigenvalue weighted by Gasteiger charge is 2.13. The molecule has 0 aliphatic carbocycles. The third kappa shape index (κ3) is 9.32. The Morgan fingerprint density at radius 2 is 1.67 bits per heavy atom. The van der Waals surface area contributed by atoms with Gasteiger partial charge in [0.15, 0.2) is 11.5 Å². The first kappa shape index (κ1) is 27.2. The Hall–Kier alpha value is -3.42. The molecule has 0 atom stereocenters. The molecule has 0 aromatic heterocycles. The molecular formula is C29H36FN3O3. The maximum Gasteiger partial charge on any atom is 0.234 e. The van der Waals surface area contributed by atoms with Crippen LogP contribution in [0.2, 0.25) is 0 Å². The van der Waals surface area contributed by atoms with Crippen molar-refractivity contribution < 1.29 is 18.7 Å². The van der Waals surface area contributed by atoms with Gasteiger partial charge in [-0.1, -0.05) is 48.5 Å². The van der Waals surface area contributed by atoms with Crippen molar-refractivity contribution in [1.82, 2.24) is 15.1 Å². The van der Waals surface area contributed by atoms with Crippen LogP contribution in [0.1, 0.15) is 16.7 Å². The molecule has 0 bridgehead atoms. The van der Waals surface area contributed by atoms with Gasteiger partial charge in [0, 0.05) is 26.2 Å². The number of halogens is 1. The van der Waals surface area contributed by atoms with E-state index in [1.54, 1.807) is 13.2 Å². The maximum atomic E-state index is 13.4. The van der Waals surface area contributed by atoms with Crippen molar-refractivity contribution in [2.45, 2.75) is 19.6 Å². The third-order valence-corrected chi connectivity index (χ3v) is 5.73. The number of rotatable bonds is 14. The predicted octanol–water partition coefficient (Wildman–Crippen LogP) is 4.14. The lowest BCUT2D eigenvalue weighted by Gasteiger charge is -2.22. The molecular weight excluding hydrogens is 457 g/mol. The molecule has 3 aromatic rings. The Morgan fingerprint density at radius 3 is 2.39 bits per heavy atom. The summed E-state index contributed by atoms with van der Waals surface area (Å²) in [4.78, 5) is 16.8. The molecule has 0 saturated heterocycles. The largest absolute Gasteiger partial charge is 0.493 e. The first-order valence-corrected chi connectivity index (χ1v) is 12.1. The molecule has 36 heavy (non-hydrogen) atoms. The Balaban J connectivity index is 1.61. The smallest absolute Gasteiger partial charge is 0.234 e. The average Bonchev–Trinajstić information content (AvgIpc) is 2.86. The summed E-state index contributed by atoms with van der Waals surface area (Å²) >= 11 is 0. The van der Waals surface area contributed by atoms with Crippen LogP contribution < -0.4 is 14.8 Å². The van der Waals surface area contributed by atoms with E-state index in [1.807, 2.05) is 61.5 Å². The van der Waals surface area contributed by atoms with E-state index < -0.39 is 0 Å². The normalized spacial score (nSPS) is 11.1. The van der Waals surface area contributed by atoms with Crippen molar-refractivity contribution in [2.24, 2.45) is 0 Å². The van der Waals surface area contributed by atoms with Crippen LogP contribution in [0.4, 0.5) is 4.39 Å². The molecule has 0 aliphatic rings. The number of hydrogen-bond donors (Lipinski definition) is 1. The fraction of sp³-hybridized carbons (Fsp3) is 0.345. The highest BCUT2D eigenvalue weighted by atomic mass is 19.1. The van der Waals surface area contributed by atoms with Crippen LogP contribution in [0.15, 0.2) is 72.8 Å². The van der Waals surface area contributed by atoms with Gasteiger partial charge in [-0.15, -0.1) is 0 Å². The molecule has 0 heterocycles. The van der Waals surface area contributed by atoms with Crippen molar-refractivity contribution in [1.29, 1.82) is 0 Å². The lowest BCUT2D eigenvalue weighted by molar-refractivity contribution is -0.122. The fourth-order valence-electron chi connectivity index (χ4n) is 3.80. The zero-order valence-electron chi connectivity index (χ0n) is 21.4. The second-order valence-electron chi connectivity index (χ2n) is 9.00. The molecule has 0 radical (unpaired) electrons. The molecule has 0 saturated carbocycles. The maximum absolute atomic E-state index is 13.4. The third-order valence-electron chi connectivity index (χ3n) is 5.73. The van der Waals surface area contributed by atoms with Gasteiger partial charge in [-0.3, -0.25) is 9.69 Å². The van der Waals surface area contributed by atoms with Gasteiger partial charge < -0.3 is 19.7 Å². The summed E-state index contributed by atoms with van der Waals surface area (Å²) in [6.07, 6.45) is 0.748. The highest BCUT2D eigenvalue weighted by Crippen LogP contribution is 2.29. The Labute approximate surface area is 213 Å². The topological polar surface area (TPSA) is 54.0 Å². The second kappa shape index (κ2) is 14.2. The van der Waals surface area contributed by atoms with Gasteiger partial charge in [0.05, 0.1) is 13.7 Å². The van der Waals surface area contributed by atoms with E-state index in [4.69, 9.17) is 9.47 Å². The Bertz CT molecular complexity index is 1090. The zero-order chi connectivity index (χ0) is 25.8. The summed E-state index contributed by atoms with van der Waals surface area (Å²) < 4.78 is 24.9. The molecule has 0 spiro atoms. The van der Waals surface area contributed by atoms with E-state index in [9.17, 15) is 9.18 Å². The number of nitrogens with one attached hydrogen (secondary N) is 1. The van der Waals surface area contributed by atoms with Gasteiger partial charge in [-0.25, -0.2) is 4.39 Å². The minimum atomic E-state index is -0.287. The minimum Gasteiger partial charge on any atom is -0.493 e. The summed E-state index contributed by atoms with van der Waals surface area (Å²) in [5, 5.41) is 3.00. The molecule has 192 valence electrons. The number of benzene rings is 3. The van der Waals surface area contributed by atoms with Gasteiger partial charge in [-0.05, 0) is 61.5 Å². The molecule has 1 N–H and O–H groups in total. The number of likely N-dealkylation sites (N-methyl/N-ethyl adjacent to an activating group) is 1. The number of carbonyl (C=O) groups excluding carboxylic acids is 1. The molecule has 3 aromatic carbocycles. The van der Waals surface area contributed by atoms with Crippen molar-refractivity contribution in [3.63, 3.8) is 0 Å². The van der Waals surface area contributed by atoms with Gasteiger partial charge in [0.1, 0.15) is 12.4 Å². The first-order valence-electron chi connectivity index (χ1n) is 12.1. The number of methoxy groups -OCH3 is 1. The monoisotopic (exact) mass is 493 g/mol. The summed E-state index contributed by atoms with van der Waals surface area (Å²) in [6, 6.07) is 22.4. The molecule has 6 nitrogen and oxygen atoms in total. The number of hydrogen-bond acceptors (Lipinski definition) is 5. The van der Waals surface area contributed by atoms with Gasteiger partial charge >= 0.3 is 0 Å². The quantitative estimate of drug-likeness (QED) is 0.366. The van der Waals surface area contributed by atoms with Crippen LogP contribution >= 0.6 is 0 Å². The number of nitrogens with zero attached hydrogens (tertiary/aromatic N) is 2. The van der Waals surface area contributed by atoms with Crippen molar-refractivity contribution in [2.75, 3.05) is 47.4 Å². The number of carbonyl (C=O) groups is 1. The summed E-state index contributed by atoms with van der Waals surface area (Å²) in [5.41, 5.74) is 3.00. The predicted molar refractivity (Wildman–Crippen MR) is 141 cm³/mol. The lowest BCUT2D eigenvalue weighted by Crippen LogP contribution is -2.40. The molecule has 7 heteroatoms. The number of amides is 1. The van der Waals surface area contributed by atoms with E-state index >= 15 is 0 Å². The minimum absolute atomic E-state index is 0.0199. The Morgan fingerprint density at radius 1 is 0.889 bits per heavy atom. The van der Waals surface area contributed by atoms with E-state index in [0.29, 0.717) is 37.7 Å². The lowest BCUT2D eigenvalue weighted by atomic mass is 10.1. The first-order chi connectivity index (χ1) is 17.4. The summed E-state index contributed by atoms with van der Waals surface area (Å²) in [7, 11) is 5.58. The van der Waals surface area contributed by atoms with Crippen LogP contribution in [0.25, 0.3) is 0 Å². The van der Waals surface area contributed by atoms with Gasteiger partial charge in [-0.2, -0.15) is 0 Å². The van der Waals surface area contributed by atoms with Crippen molar-refractivity contribution >= 4 is 5.91 Å². The van der Waals surface area contributed by atoms with Gasteiger partial charge in [0.2, 0.25) is 5.91 Å². The van der Waals surface area contributed by atoms with Crippen LogP contribution in [0.5, 0.6) is 11.5 Å². The molecule has 0 aliphatic heterocycles. The van der Waals surface area contributed by atoms with E-state index in [0.717, 1.165) is 29.7 Å². The molecule has 1 amide bonds. The highest BCUT2D eigenvalue weighted by molar-refractivity contribution is 5.78. The van der Waals surface area contributed by atoms with Crippen LogP contribution in [0.3, 0.4) is 0 Å².